The summed E-state index contributed by atoms with van der Waals surface area (Å²) in [6.07, 6.45) is 1.78. The van der Waals surface area contributed by atoms with Crippen molar-refractivity contribution >= 4 is 5.65 Å². The van der Waals surface area contributed by atoms with E-state index >= 15 is 0 Å². The summed E-state index contributed by atoms with van der Waals surface area (Å²) in [7, 11) is 1.92. The van der Waals surface area contributed by atoms with Crippen molar-refractivity contribution in [3.8, 4) is 0 Å². The SMILES string of the molecule is Cc1ccc2nc(CN(C)Cc3cccc(F)c3)cc(=O)n2c1. The predicted octanol–water partition coefficient (Wildman–Crippen LogP) is 2.77. The summed E-state index contributed by atoms with van der Waals surface area (Å²) in [6, 6.07) is 11.8. The molecule has 0 saturated heterocycles. The molecule has 0 aliphatic heterocycles. The number of benzene rings is 1. The molecule has 0 aliphatic rings. The fourth-order valence-corrected chi connectivity index (χ4v) is 2.62. The van der Waals surface area contributed by atoms with Gasteiger partial charge in [-0.3, -0.25) is 14.1 Å². The fraction of sp³-hybridized carbons (Fsp3) is 0.222. The Morgan fingerprint density at radius 1 is 1.17 bits per heavy atom. The molecule has 0 spiro atoms. The standard InChI is InChI=1S/C18H18FN3O/c1-13-6-7-17-20-16(9-18(23)22(17)10-13)12-21(2)11-14-4-3-5-15(19)8-14/h3-10H,11-12H2,1-2H3. The van der Waals surface area contributed by atoms with Gasteiger partial charge in [0.1, 0.15) is 11.5 Å². The van der Waals surface area contributed by atoms with Crippen molar-refractivity contribution in [1.29, 1.82) is 0 Å². The number of halogens is 1. The summed E-state index contributed by atoms with van der Waals surface area (Å²) in [5, 5.41) is 0. The van der Waals surface area contributed by atoms with Crippen LogP contribution >= 0.6 is 0 Å². The van der Waals surface area contributed by atoms with Crippen LogP contribution in [0.1, 0.15) is 16.8 Å². The molecule has 0 bridgehead atoms. The Morgan fingerprint density at radius 2 is 2.00 bits per heavy atom. The maximum absolute atomic E-state index is 13.2. The molecule has 0 amide bonds. The van der Waals surface area contributed by atoms with Crippen molar-refractivity contribution in [2.24, 2.45) is 0 Å². The van der Waals surface area contributed by atoms with Crippen LogP contribution in [0, 0.1) is 12.7 Å². The highest BCUT2D eigenvalue weighted by Crippen LogP contribution is 2.09. The van der Waals surface area contributed by atoms with Crippen molar-refractivity contribution in [3.05, 3.63) is 81.7 Å². The second-order valence-electron chi connectivity index (χ2n) is 5.82. The summed E-state index contributed by atoms with van der Waals surface area (Å²) in [5.41, 5.74) is 3.15. The lowest BCUT2D eigenvalue weighted by atomic mass is 10.2. The van der Waals surface area contributed by atoms with Crippen LogP contribution in [-0.2, 0) is 13.1 Å². The van der Waals surface area contributed by atoms with E-state index < -0.39 is 0 Å². The molecule has 4 nitrogen and oxygen atoms in total. The van der Waals surface area contributed by atoms with E-state index in [-0.39, 0.29) is 11.4 Å². The molecule has 5 heteroatoms. The van der Waals surface area contributed by atoms with Crippen LogP contribution in [0.4, 0.5) is 4.39 Å². The molecule has 2 aromatic heterocycles. The second-order valence-corrected chi connectivity index (χ2v) is 5.82. The zero-order valence-electron chi connectivity index (χ0n) is 13.2. The van der Waals surface area contributed by atoms with Gasteiger partial charge in [0, 0.05) is 25.4 Å². The highest BCUT2D eigenvalue weighted by Gasteiger charge is 2.07. The van der Waals surface area contributed by atoms with Crippen molar-refractivity contribution in [3.63, 3.8) is 0 Å². The third-order valence-corrected chi connectivity index (χ3v) is 3.63. The summed E-state index contributed by atoms with van der Waals surface area (Å²) in [6.45, 7) is 3.05. The predicted molar refractivity (Wildman–Crippen MR) is 87.8 cm³/mol. The highest BCUT2D eigenvalue weighted by molar-refractivity contribution is 5.39. The Kier molecular flexibility index (Phi) is 4.21. The first-order valence-electron chi connectivity index (χ1n) is 7.43. The minimum atomic E-state index is -0.242. The van der Waals surface area contributed by atoms with E-state index in [0.717, 1.165) is 11.1 Å². The summed E-state index contributed by atoms with van der Waals surface area (Å²) < 4.78 is 14.8. The third-order valence-electron chi connectivity index (χ3n) is 3.63. The van der Waals surface area contributed by atoms with Crippen LogP contribution in [0.5, 0.6) is 0 Å². The molecule has 0 aliphatic carbocycles. The second kappa shape index (κ2) is 6.30. The number of pyridine rings is 1. The monoisotopic (exact) mass is 311 g/mol. The van der Waals surface area contributed by atoms with Crippen LogP contribution in [0.2, 0.25) is 0 Å². The average molecular weight is 311 g/mol. The van der Waals surface area contributed by atoms with Crippen molar-refractivity contribution in [2.45, 2.75) is 20.0 Å². The molecule has 0 radical (unpaired) electrons. The number of fused-ring (bicyclic) bond motifs is 1. The number of aromatic nitrogens is 2. The largest absolute Gasteiger partial charge is 0.296 e. The van der Waals surface area contributed by atoms with Crippen LogP contribution < -0.4 is 5.56 Å². The van der Waals surface area contributed by atoms with Gasteiger partial charge in [-0.2, -0.15) is 0 Å². The minimum Gasteiger partial charge on any atom is -0.296 e. The van der Waals surface area contributed by atoms with E-state index in [9.17, 15) is 9.18 Å². The van der Waals surface area contributed by atoms with Crippen molar-refractivity contribution in [1.82, 2.24) is 14.3 Å². The first kappa shape index (κ1) is 15.4. The Hall–Kier alpha value is -2.53. The van der Waals surface area contributed by atoms with Gasteiger partial charge in [0.05, 0.1) is 5.69 Å². The molecule has 23 heavy (non-hydrogen) atoms. The number of aryl methyl sites for hydroxylation is 1. The van der Waals surface area contributed by atoms with Crippen molar-refractivity contribution in [2.75, 3.05) is 7.05 Å². The third kappa shape index (κ3) is 3.63. The van der Waals surface area contributed by atoms with Crippen LogP contribution in [0.25, 0.3) is 5.65 Å². The van der Waals surface area contributed by atoms with Gasteiger partial charge >= 0.3 is 0 Å². The number of rotatable bonds is 4. The fourth-order valence-electron chi connectivity index (χ4n) is 2.62. The molecular formula is C18H18FN3O. The molecule has 3 aromatic rings. The number of nitrogens with zero attached hydrogens (tertiary/aromatic N) is 3. The average Bonchev–Trinajstić information content (AvgIpc) is 2.48. The normalized spacial score (nSPS) is 11.3. The van der Waals surface area contributed by atoms with E-state index in [4.69, 9.17) is 0 Å². The van der Waals surface area contributed by atoms with Gasteiger partial charge in [0.2, 0.25) is 0 Å². The maximum atomic E-state index is 13.2. The summed E-state index contributed by atoms with van der Waals surface area (Å²) in [5.74, 6) is -0.242. The van der Waals surface area contributed by atoms with Crippen LogP contribution in [0.15, 0.2) is 53.5 Å². The molecule has 0 saturated carbocycles. The topological polar surface area (TPSA) is 37.6 Å². The van der Waals surface area contributed by atoms with E-state index in [0.29, 0.717) is 24.4 Å². The molecular weight excluding hydrogens is 293 g/mol. The molecule has 3 rings (SSSR count). The Balaban J connectivity index is 1.81. The Labute approximate surface area is 133 Å². The van der Waals surface area contributed by atoms with Gasteiger partial charge < -0.3 is 0 Å². The lowest BCUT2D eigenvalue weighted by molar-refractivity contribution is 0.314. The molecule has 1 aromatic carbocycles. The van der Waals surface area contributed by atoms with Gasteiger partial charge in [-0.15, -0.1) is 0 Å². The van der Waals surface area contributed by atoms with Crippen LogP contribution in [0.3, 0.4) is 0 Å². The molecule has 0 fully saturated rings. The van der Waals surface area contributed by atoms with Gasteiger partial charge in [0.15, 0.2) is 0 Å². The molecule has 2 heterocycles. The van der Waals surface area contributed by atoms with E-state index in [1.54, 1.807) is 22.7 Å². The molecule has 0 N–H and O–H groups in total. The molecule has 0 atom stereocenters. The highest BCUT2D eigenvalue weighted by atomic mass is 19.1. The van der Waals surface area contributed by atoms with Crippen molar-refractivity contribution < 1.29 is 4.39 Å². The smallest absolute Gasteiger partial charge is 0.258 e. The zero-order valence-corrected chi connectivity index (χ0v) is 13.2. The first-order valence-corrected chi connectivity index (χ1v) is 7.43. The first-order chi connectivity index (χ1) is 11.0. The lowest BCUT2D eigenvalue weighted by Gasteiger charge is -2.16. The number of hydrogen-bond acceptors (Lipinski definition) is 3. The van der Waals surface area contributed by atoms with E-state index in [1.807, 2.05) is 37.1 Å². The maximum Gasteiger partial charge on any atom is 0.258 e. The van der Waals surface area contributed by atoms with Crippen LogP contribution in [-0.4, -0.2) is 21.3 Å². The van der Waals surface area contributed by atoms with Gasteiger partial charge in [-0.1, -0.05) is 18.2 Å². The summed E-state index contributed by atoms with van der Waals surface area (Å²) in [4.78, 5) is 18.7. The Bertz CT molecular complexity index is 904. The van der Waals surface area contributed by atoms with Gasteiger partial charge in [0.25, 0.3) is 5.56 Å². The summed E-state index contributed by atoms with van der Waals surface area (Å²) >= 11 is 0. The Morgan fingerprint density at radius 3 is 2.78 bits per heavy atom. The lowest BCUT2D eigenvalue weighted by Crippen LogP contribution is -2.22. The zero-order chi connectivity index (χ0) is 16.4. The minimum absolute atomic E-state index is 0.0899. The molecule has 118 valence electrons. The van der Waals surface area contributed by atoms with E-state index in [1.165, 1.54) is 12.1 Å². The quantitative estimate of drug-likeness (QED) is 0.743. The molecule has 0 unspecified atom stereocenters. The van der Waals surface area contributed by atoms with Gasteiger partial charge in [-0.25, -0.2) is 9.37 Å². The van der Waals surface area contributed by atoms with Gasteiger partial charge in [-0.05, 0) is 43.3 Å². The number of hydrogen-bond donors (Lipinski definition) is 0. The van der Waals surface area contributed by atoms with E-state index in [2.05, 4.69) is 4.98 Å².